The van der Waals surface area contributed by atoms with Crippen LogP contribution in [0.1, 0.15) is 13.8 Å². The van der Waals surface area contributed by atoms with Crippen molar-refractivity contribution in [3.8, 4) is 0 Å². The highest BCUT2D eigenvalue weighted by atomic mass is 16.6. The summed E-state index contributed by atoms with van der Waals surface area (Å²) in [6.45, 7) is 3.56. The number of nitrogens with one attached hydrogen (secondary N) is 1. The molecule has 0 atom stereocenters. The number of carbonyl (C=O) groups is 1. The van der Waals surface area contributed by atoms with Crippen molar-refractivity contribution in [1.29, 1.82) is 0 Å². The van der Waals surface area contributed by atoms with Crippen molar-refractivity contribution in [3.05, 3.63) is 18.3 Å². The molecule has 76 valence electrons. The SMILES string of the molecule is CC(C)OC(=O)Nc1ccc(N)nc1. The number of amides is 1. The zero-order valence-electron chi connectivity index (χ0n) is 8.15. The fourth-order valence-electron chi connectivity index (χ4n) is 0.841. The molecule has 1 rings (SSSR count). The van der Waals surface area contributed by atoms with Crippen molar-refractivity contribution in [3.63, 3.8) is 0 Å². The molecule has 0 aromatic carbocycles. The zero-order chi connectivity index (χ0) is 10.6. The summed E-state index contributed by atoms with van der Waals surface area (Å²) in [5, 5.41) is 2.52. The summed E-state index contributed by atoms with van der Waals surface area (Å²) < 4.78 is 4.88. The van der Waals surface area contributed by atoms with Crippen LogP contribution in [0.25, 0.3) is 0 Å². The quantitative estimate of drug-likeness (QED) is 0.751. The van der Waals surface area contributed by atoms with Gasteiger partial charge in [0, 0.05) is 0 Å². The molecule has 0 unspecified atom stereocenters. The number of hydrogen-bond acceptors (Lipinski definition) is 4. The minimum absolute atomic E-state index is 0.142. The molecule has 5 heteroatoms. The van der Waals surface area contributed by atoms with Gasteiger partial charge < -0.3 is 10.5 Å². The fourth-order valence-corrected chi connectivity index (χ4v) is 0.841. The van der Waals surface area contributed by atoms with Gasteiger partial charge >= 0.3 is 6.09 Å². The Hall–Kier alpha value is -1.78. The molecule has 0 saturated heterocycles. The second-order valence-corrected chi connectivity index (χ2v) is 3.05. The standard InChI is InChI=1S/C9H13N3O2/c1-6(2)14-9(13)12-7-3-4-8(10)11-5-7/h3-6H,1-2H3,(H2,10,11)(H,12,13). The third-order valence-corrected chi connectivity index (χ3v) is 1.38. The number of hydrogen-bond donors (Lipinski definition) is 2. The van der Waals surface area contributed by atoms with Crippen LogP contribution in [-0.2, 0) is 4.74 Å². The molecule has 1 aromatic rings. The molecule has 0 spiro atoms. The van der Waals surface area contributed by atoms with Crippen LogP contribution in [-0.4, -0.2) is 17.2 Å². The molecule has 14 heavy (non-hydrogen) atoms. The van der Waals surface area contributed by atoms with Crippen LogP contribution in [0, 0.1) is 0 Å². The molecule has 1 heterocycles. The van der Waals surface area contributed by atoms with E-state index in [-0.39, 0.29) is 6.10 Å². The predicted octanol–water partition coefficient (Wildman–Crippen LogP) is 1.62. The highest BCUT2D eigenvalue weighted by Crippen LogP contribution is 2.07. The maximum atomic E-state index is 11.1. The van der Waals surface area contributed by atoms with E-state index in [1.165, 1.54) is 6.20 Å². The Morgan fingerprint density at radius 1 is 1.57 bits per heavy atom. The maximum Gasteiger partial charge on any atom is 0.411 e. The molecular weight excluding hydrogens is 182 g/mol. The van der Waals surface area contributed by atoms with Gasteiger partial charge in [-0.2, -0.15) is 0 Å². The Labute approximate surface area is 82.3 Å². The summed E-state index contributed by atoms with van der Waals surface area (Å²) in [4.78, 5) is 14.9. The Bertz CT molecular complexity index is 308. The molecule has 0 radical (unpaired) electrons. The van der Waals surface area contributed by atoms with E-state index in [0.717, 1.165) is 0 Å². The van der Waals surface area contributed by atoms with E-state index in [1.807, 2.05) is 0 Å². The number of nitrogen functional groups attached to an aromatic ring is 1. The van der Waals surface area contributed by atoms with Crippen LogP contribution in [0.5, 0.6) is 0 Å². The highest BCUT2D eigenvalue weighted by Gasteiger charge is 2.04. The van der Waals surface area contributed by atoms with Crippen LogP contribution >= 0.6 is 0 Å². The first-order valence-corrected chi connectivity index (χ1v) is 4.27. The number of nitrogens with zero attached hydrogens (tertiary/aromatic N) is 1. The predicted molar refractivity (Wildman–Crippen MR) is 53.9 cm³/mol. The van der Waals surface area contributed by atoms with Gasteiger partial charge in [-0.15, -0.1) is 0 Å². The third kappa shape index (κ3) is 3.30. The van der Waals surface area contributed by atoms with Gasteiger partial charge in [-0.1, -0.05) is 0 Å². The minimum atomic E-state index is -0.494. The fraction of sp³-hybridized carbons (Fsp3) is 0.333. The van der Waals surface area contributed by atoms with E-state index in [9.17, 15) is 4.79 Å². The molecular formula is C9H13N3O2. The molecule has 0 aliphatic carbocycles. The number of nitrogens with two attached hydrogens (primary N) is 1. The van der Waals surface area contributed by atoms with E-state index in [1.54, 1.807) is 26.0 Å². The van der Waals surface area contributed by atoms with Crippen molar-refractivity contribution >= 4 is 17.6 Å². The van der Waals surface area contributed by atoms with Crippen LogP contribution in [0.3, 0.4) is 0 Å². The van der Waals surface area contributed by atoms with Gasteiger partial charge in [0.25, 0.3) is 0 Å². The van der Waals surface area contributed by atoms with Crippen LogP contribution < -0.4 is 11.1 Å². The summed E-state index contributed by atoms with van der Waals surface area (Å²) >= 11 is 0. The second-order valence-electron chi connectivity index (χ2n) is 3.05. The first-order valence-electron chi connectivity index (χ1n) is 4.27. The first-order chi connectivity index (χ1) is 6.58. The number of rotatable bonds is 2. The topological polar surface area (TPSA) is 77.2 Å². The number of carbonyl (C=O) groups excluding carboxylic acids is 1. The summed E-state index contributed by atoms with van der Waals surface area (Å²) in [6.07, 6.45) is 0.833. The minimum Gasteiger partial charge on any atom is -0.447 e. The summed E-state index contributed by atoms with van der Waals surface area (Å²) in [5.41, 5.74) is 5.94. The lowest BCUT2D eigenvalue weighted by Crippen LogP contribution is -2.18. The summed E-state index contributed by atoms with van der Waals surface area (Å²) in [5.74, 6) is 0.410. The Morgan fingerprint density at radius 3 is 2.79 bits per heavy atom. The average Bonchev–Trinajstić information content (AvgIpc) is 2.07. The Morgan fingerprint density at radius 2 is 2.29 bits per heavy atom. The van der Waals surface area contributed by atoms with Gasteiger partial charge in [0.05, 0.1) is 18.0 Å². The van der Waals surface area contributed by atoms with Crippen molar-refractivity contribution in [2.45, 2.75) is 20.0 Å². The molecule has 0 bridgehead atoms. The van der Waals surface area contributed by atoms with Gasteiger partial charge in [0.1, 0.15) is 5.82 Å². The molecule has 0 saturated carbocycles. The maximum absolute atomic E-state index is 11.1. The Kier molecular flexibility index (Phi) is 3.28. The van der Waals surface area contributed by atoms with Crippen molar-refractivity contribution in [1.82, 2.24) is 4.98 Å². The van der Waals surface area contributed by atoms with E-state index in [2.05, 4.69) is 10.3 Å². The lowest BCUT2D eigenvalue weighted by atomic mass is 10.4. The summed E-state index contributed by atoms with van der Waals surface area (Å²) in [6, 6.07) is 3.26. The number of pyridine rings is 1. The van der Waals surface area contributed by atoms with E-state index in [4.69, 9.17) is 10.5 Å². The smallest absolute Gasteiger partial charge is 0.411 e. The molecule has 5 nitrogen and oxygen atoms in total. The first kappa shape index (κ1) is 10.3. The largest absolute Gasteiger partial charge is 0.447 e. The van der Waals surface area contributed by atoms with Gasteiger partial charge in [-0.3, -0.25) is 5.32 Å². The molecule has 3 N–H and O–H groups in total. The molecule has 1 amide bonds. The number of ether oxygens (including phenoxy) is 1. The van der Waals surface area contributed by atoms with Crippen LogP contribution in [0.15, 0.2) is 18.3 Å². The molecule has 0 aliphatic rings. The van der Waals surface area contributed by atoms with E-state index >= 15 is 0 Å². The van der Waals surface area contributed by atoms with Gasteiger partial charge in [-0.05, 0) is 26.0 Å². The lowest BCUT2D eigenvalue weighted by Gasteiger charge is -2.08. The van der Waals surface area contributed by atoms with E-state index < -0.39 is 6.09 Å². The highest BCUT2D eigenvalue weighted by molar-refractivity contribution is 5.84. The number of aromatic nitrogens is 1. The second kappa shape index (κ2) is 4.45. The van der Waals surface area contributed by atoms with E-state index in [0.29, 0.717) is 11.5 Å². The third-order valence-electron chi connectivity index (χ3n) is 1.38. The normalized spacial score (nSPS) is 9.93. The van der Waals surface area contributed by atoms with Gasteiger partial charge in [0.2, 0.25) is 0 Å². The van der Waals surface area contributed by atoms with Crippen LogP contribution in [0.2, 0.25) is 0 Å². The monoisotopic (exact) mass is 195 g/mol. The van der Waals surface area contributed by atoms with Gasteiger partial charge in [-0.25, -0.2) is 9.78 Å². The van der Waals surface area contributed by atoms with Crippen molar-refractivity contribution in [2.24, 2.45) is 0 Å². The summed E-state index contributed by atoms with van der Waals surface area (Å²) in [7, 11) is 0. The zero-order valence-corrected chi connectivity index (χ0v) is 8.15. The molecule has 0 aliphatic heterocycles. The number of anilines is 2. The molecule has 1 aromatic heterocycles. The molecule has 0 fully saturated rings. The van der Waals surface area contributed by atoms with Crippen molar-refractivity contribution < 1.29 is 9.53 Å². The average molecular weight is 195 g/mol. The van der Waals surface area contributed by atoms with Crippen LogP contribution in [0.4, 0.5) is 16.3 Å². The van der Waals surface area contributed by atoms with Gasteiger partial charge in [0.15, 0.2) is 0 Å². The van der Waals surface area contributed by atoms with Crippen molar-refractivity contribution in [2.75, 3.05) is 11.1 Å². The Balaban J connectivity index is 2.52. The lowest BCUT2D eigenvalue weighted by molar-refractivity contribution is 0.130.